The number of amides is 1. The number of aromatic nitrogens is 2. The maximum Gasteiger partial charge on any atom is 0.311 e. The summed E-state index contributed by atoms with van der Waals surface area (Å²) in [6.07, 6.45) is 2.97. The fourth-order valence-electron chi connectivity index (χ4n) is 2.36. The third kappa shape index (κ3) is 2.59. The van der Waals surface area contributed by atoms with Crippen LogP contribution in [0.3, 0.4) is 0 Å². The largest absolute Gasteiger partial charge is 0.481 e. The van der Waals surface area contributed by atoms with E-state index in [1.807, 2.05) is 25.1 Å². The number of nitrogens with zero attached hydrogens (tertiary/aromatic N) is 2. The average Bonchev–Trinajstić information content (AvgIpc) is 3.20. The third-order valence-electron chi connectivity index (χ3n) is 4.10. The van der Waals surface area contributed by atoms with Crippen LogP contribution in [0.15, 0.2) is 36.5 Å². The number of carboxylic acids is 1. The molecule has 0 atom stereocenters. The minimum Gasteiger partial charge on any atom is -0.481 e. The normalized spacial score (nSPS) is 15.3. The van der Waals surface area contributed by atoms with Gasteiger partial charge in [-0.2, -0.15) is 5.10 Å². The number of hydrogen-bond acceptors (Lipinski definition) is 3. The minimum atomic E-state index is -0.836. The number of carbonyl (C=O) groups excluding carboxylic acids is 1. The summed E-state index contributed by atoms with van der Waals surface area (Å²) in [6.45, 7) is 2.13. The number of hydrogen-bond donors (Lipinski definition) is 2. The van der Waals surface area contributed by atoms with Crippen molar-refractivity contribution in [3.63, 3.8) is 0 Å². The first-order valence-electron chi connectivity index (χ1n) is 7.14. The summed E-state index contributed by atoms with van der Waals surface area (Å²) in [7, 11) is 0. The predicted octanol–water partition coefficient (Wildman–Crippen LogP) is 1.78. The van der Waals surface area contributed by atoms with Crippen molar-refractivity contribution in [3.8, 4) is 5.69 Å². The molecule has 0 bridgehead atoms. The van der Waals surface area contributed by atoms with Gasteiger partial charge in [0.15, 0.2) is 0 Å². The summed E-state index contributed by atoms with van der Waals surface area (Å²) in [6, 6.07) is 8.97. The van der Waals surface area contributed by atoms with Crippen LogP contribution in [-0.4, -0.2) is 33.3 Å². The highest BCUT2D eigenvalue weighted by Crippen LogP contribution is 2.45. The minimum absolute atomic E-state index is 0.182. The molecule has 0 radical (unpaired) electrons. The van der Waals surface area contributed by atoms with E-state index in [1.165, 1.54) is 0 Å². The van der Waals surface area contributed by atoms with Crippen LogP contribution in [0.4, 0.5) is 0 Å². The Morgan fingerprint density at radius 1 is 1.27 bits per heavy atom. The van der Waals surface area contributed by atoms with E-state index in [4.69, 9.17) is 5.11 Å². The second kappa shape index (κ2) is 5.29. The number of benzene rings is 1. The molecule has 1 fully saturated rings. The van der Waals surface area contributed by atoms with Crippen molar-refractivity contribution in [3.05, 3.63) is 47.8 Å². The lowest BCUT2D eigenvalue weighted by atomic mass is 10.1. The Kier molecular flexibility index (Phi) is 3.44. The third-order valence-corrected chi connectivity index (χ3v) is 4.10. The summed E-state index contributed by atoms with van der Waals surface area (Å²) in [4.78, 5) is 23.2. The molecule has 2 N–H and O–H groups in total. The molecule has 0 unspecified atom stereocenters. The van der Waals surface area contributed by atoms with Crippen LogP contribution in [0.1, 0.15) is 28.9 Å². The van der Waals surface area contributed by atoms with Crippen molar-refractivity contribution in [2.75, 3.05) is 6.54 Å². The summed E-state index contributed by atoms with van der Waals surface area (Å²) in [5, 5.41) is 16.0. The predicted molar refractivity (Wildman–Crippen MR) is 79.9 cm³/mol. The van der Waals surface area contributed by atoms with Crippen LogP contribution in [-0.2, 0) is 4.79 Å². The lowest BCUT2D eigenvalue weighted by Gasteiger charge is -2.11. The molecule has 1 aromatic carbocycles. The summed E-state index contributed by atoms with van der Waals surface area (Å²) in [5.74, 6) is -1.09. The lowest BCUT2D eigenvalue weighted by Crippen LogP contribution is -2.34. The lowest BCUT2D eigenvalue weighted by molar-refractivity contribution is -0.143. The van der Waals surface area contributed by atoms with E-state index >= 15 is 0 Å². The van der Waals surface area contributed by atoms with Gasteiger partial charge in [-0.05, 0) is 50.1 Å². The second-order valence-electron chi connectivity index (χ2n) is 5.70. The fraction of sp³-hybridized carbons (Fsp3) is 0.312. The Morgan fingerprint density at radius 3 is 2.45 bits per heavy atom. The van der Waals surface area contributed by atoms with E-state index in [1.54, 1.807) is 23.0 Å². The number of carbonyl (C=O) groups is 2. The molecular formula is C16H17N3O3. The van der Waals surface area contributed by atoms with E-state index in [0.29, 0.717) is 18.4 Å². The number of rotatable bonds is 5. The van der Waals surface area contributed by atoms with Gasteiger partial charge in [0.05, 0.1) is 11.1 Å². The van der Waals surface area contributed by atoms with E-state index in [-0.39, 0.29) is 12.5 Å². The van der Waals surface area contributed by atoms with Gasteiger partial charge in [0.2, 0.25) is 0 Å². The Morgan fingerprint density at radius 2 is 1.95 bits per heavy atom. The molecule has 1 saturated carbocycles. The van der Waals surface area contributed by atoms with Gasteiger partial charge in [-0.3, -0.25) is 9.59 Å². The molecule has 0 aliphatic heterocycles. The zero-order chi connectivity index (χ0) is 15.7. The summed E-state index contributed by atoms with van der Waals surface area (Å²) in [5.41, 5.74) is 1.65. The topological polar surface area (TPSA) is 84.2 Å². The van der Waals surface area contributed by atoms with Gasteiger partial charge < -0.3 is 10.4 Å². The first-order chi connectivity index (χ1) is 10.5. The molecule has 1 heterocycles. The number of nitrogens with one attached hydrogen (secondary N) is 1. The molecule has 0 spiro atoms. The average molecular weight is 299 g/mol. The smallest absolute Gasteiger partial charge is 0.311 e. The van der Waals surface area contributed by atoms with Crippen molar-refractivity contribution in [2.24, 2.45) is 5.41 Å². The van der Waals surface area contributed by atoms with Gasteiger partial charge in [0.25, 0.3) is 5.91 Å². The monoisotopic (exact) mass is 299 g/mol. The van der Waals surface area contributed by atoms with Crippen LogP contribution in [0, 0.1) is 12.3 Å². The van der Waals surface area contributed by atoms with Gasteiger partial charge in [-0.15, -0.1) is 0 Å². The van der Waals surface area contributed by atoms with Gasteiger partial charge in [-0.1, -0.05) is 0 Å². The maximum absolute atomic E-state index is 12.1. The van der Waals surface area contributed by atoms with Crippen LogP contribution in [0.5, 0.6) is 0 Å². The number of aryl methyl sites for hydroxylation is 1. The molecule has 3 rings (SSSR count). The highest BCUT2D eigenvalue weighted by molar-refractivity contribution is 5.94. The zero-order valence-electron chi connectivity index (χ0n) is 12.2. The summed E-state index contributed by atoms with van der Waals surface area (Å²) >= 11 is 0. The molecule has 22 heavy (non-hydrogen) atoms. The molecule has 6 nitrogen and oxygen atoms in total. The van der Waals surface area contributed by atoms with Crippen molar-refractivity contribution in [2.45, 2.75) is 19.8 Å². The maximum atomic E-state index is 12.1. The highest BCUT2D eigenvalue weighted by atomic mass is 16.4. The van der Waals surface area contributed by atoms with Gasteiger partial charge >= 0.3 is 5.97 Å². The Labute approximate surface area is 127 Å². The SMILES string of the molecule is Cc1ccnn1-c1ccc(C(=O)NCC2(C(=O)O)CC2)cc1. The Balaban J connectivity index is 1.67. The highest BCUT2D eigenvalue weighted by Gasteiger charge is 2.50. The van der Waals surface area contributed by atoms with Crippen molar-refractivity contribution in [1.29, 1.82) is 0 Å². The van der Waals surface area contributed by atoms with Crippen molar-refractivity contribution < 1.29 is 14.7 Å². The van der Waals surface area contributed by atoms with Crippen LogP contribution in [0.2, 0.25) is 0 Å². The molecular weight excluding hydrogens is 282 g/mol. The van der Waals surface area contributed by atoms with Gasteiger partial charge in [0, 0.05) is 24.0 Å². The molecule has 1 aliphatic carbocycles. The second-order valence-corrected chi connectivity index (χ2v) is 5.70. The molecule has 1 aromatic heterocycles. The zero-order valence-corrected chi connectivity index (χ0v) is 12.2. The first-order valence-corrected chi connectivity index (χ1v) is 7.14. The Bertz CT molecular complexity index is 714. The van der Waals surface area contributed by atoms with E-state index < -0.39 is 11.4 Å². The van der Waals surface area contributed by atoms with Crippen LogP contribution in [0.25, 0.3) is 5.69 Å². The van der Waals surface area contributed by atoms with Crippen molar-refractivity contribution >= 4 is 11.9 Å². The van der Waals surface area contributed by atoms with E-state index in [0.717, 1.165) is 11.4 Å². The van der Waals surface area contributed by atoms with Crippen LogP contribution >= 0.6 is 0 Å². The molecule has 1 aliphatic rings. The molecule has 6 heteroatoms. The standard InChI is InChI=1S/C16H17N3O3/c1-11-6-9-18-19(11)13-4-2-12(3-5-13)14(20)17-10-16(7-8-16)15(21)22/h2-6,9H,7-8,10H2,1H3,(H,17,20)(H,21,22). The number of carboxylic acid groups (broad SMARTS) is 1. The quantitative estimate of drug-likeness (QED) is 0.881. The van der Waals surface area contributed by atoms with Gasteiger partial charge in [0.1, 0.15) is 0 Å². The molecule has 0 saturated heterocycles. The molecule has 114 valence electrons. The van der Waals surface area contributed by atoms with Crippen LogP contribution < -0.4 is 5.32 Å². The van der Waals surface area contributed by atoms with Crippen molar-refractivity contribution in [1.82, 2.24) is 15.1 Å². The van der Waals surface area contributed by atoms with E-state index in [2.05, 4.69) is 10.4 Å². The molecule has 1 amide bonds. The Hall–Kier alpha value is -2.63. The molecule has 2 aromatic rings. The number of aliphatic carboxylic acids is 1. The van der Waals surface area contributed by atoms with E-state index in [9.17, 15) is 9.59 Å². The first kappa shape index (κ1) is 14.3. The van der Waals surface area contributed by atoms with Gasteiger partial charge in [-0.25, -0.2) is 4.68 Å². The summed E-state index contributed by atoms with van der Waals surface area (Å²) < 4.78 is 1.78. The fourth-order valence-corrected chi connectivity index (χ4v) is 2.36.